The summed E-state index contributed by atoms with van der Waals surface area (Å²) < 4.78 is 31.0. The Morgan fingerprint density at radius 3 is 2.36 bits per heavy atom. The topological polar surface area (TPSA) is 33.0 Å². The highest BCUT2D eigenvalue weighted by atomic mass is 79.9. The van der Waals surface area contributed by atoms with Crippen LogP contribution in [0.25, 0.3) is 0 Å². The average molecular weight is 262 g/mol. The molecule has 74 valence electrons. The molecule has 0 atom stereocenters. The second-order valence-corrected chi connectivity index (χ2v) is 3.21. The van der Waals surface area contributed by atoms with Gasteiger partial charge in [0.2, 0.25) is 0 Å². The number of nitriles is 1. The lowest BCUT2D eigenvalue weighted by molar-refractivity contribution is 0.306. The number of benzene rings is 1. The van der Waals surface area contributed by atoms with E-state index < -0.39 is 17.4 Å². The molecule has 0 spiro atoms. The van der Waals surface area contributed by atoms with Crippen LogP contribution in [0, 0.1) is 23.0 Å². The van der Waals surface area contributed by atoms with Gasteiger partial charge >= 0.3 is 0 Å². The molecule has 0 heterocycles. The van der Waals surface area contributed by atoms with Crippen molar-refractivity contribution in [1.29, 1.82) is 5.26 Å². The number of hydrogen-bond donors (Lipinski definition) is 0. The molecule has 0 bridgehead atoms. The summed E-state index contributed by atoms with van der Waals surface area (Å²) in [6.45, 7) is 0.166. The summed E-state index contributed by atoms with van der Waals surface area (Å²) in [5.41, 5.74) is -0.0637. The van der Waals surface area contributed by atoms with Gasteiger partial charge in [-0.2, -0.15) is 5.26 Å². The van der Waals surface area contributed by atoms with Crippen molar-refractivity contribution < 1.29 is 13.5 Å². The molecule has 1 aromatic carbocycles. The van der Waals surface area contributed by atoms with Gasteiger partial charge in [-0.1, -0.05) is 15.9 Å². The first-order valence-corrected chi connectivity index (χ1v) is 4.89. The van der Waals surface area contributed by atoms with Gasteiger partial charge in [-0.05, 0) is 12.1 Å². The first-order chi connectivity index (χ1) is 6.69. The number of rotatable bonds is 3. The van der Waals surface area contributed by atoms with Gasteiger partial charge in [-0.25, -0.2) is 8.78 Å². The van der Waals surface area contributed by atoms with E-state index >= 15 is 0 Å². The maximum atomic E-state index is 13.1. The molecule has 1 rings (SSSR count). The van der Waals surface area contributed by atoms with Crippen molar-refractivity contribution in [3.05, 3.63) is 29.3 Å². The molecular formula is C9H6BrF2NO. The maximum Gasteiger partial charge on any atom is 0.190 e. The van der Waals surface area contributed by atoms with Crippen molar-refractivity contribution in [1.82, 2.24) is 0 Å². The van der Waals surface area contributed by atoms with Crippen LogP contribution in [0.2, 0.25) is 0 Å². The van der Waals surface area contributed by atoms with Crippen LogP contribution in [0.4, 0.5) is 8.78 Å². The standard InChI is InChI=1S/C9H6BrF2NO/c10-1-2-14-9-7(11)3-6(5-13)4-8(9)12/h3-4H,1-2H2. The molecule has 0 saturated heterocycles. The number of alkyl halides is 1. The summed E-state index contributed by atoms with van der Waals surface area (Å²) in [6.07, 6.45) is 0. The van der Waals surface area contributed by atoms with Crippen LogP contribution in [0.15, 0.2) is 12.1 Å². The van der Waals surface area contributed by atoms with Crippen LogP contribution in [0.1, 0.15) is 5.56 Å². The molecule has 0 saturated carbocycles. The fraction of sp³-hybridized carbons (Fsp3) is 0.222. The van der Waals surface area contributed by atoms with E-state index in [1.54, 1.807) is 6.07 Å². The summed E-state index contributed by atoms with van der Waals surface area (Å²) in [7, 11) is 0. The van der Waals surface area contributed by atoms with Gasteiger partial charge in [0.15, 0.2) is 17.4 Å². The zero-order valence-electron chi connectivity index (χ0n) is 7.06. The van der Waals surface area contributed by atoms with E-state index in [0.29, 0.717) is 5.33 Å². The second kappa shape index (κ2) is 4.91. The fourth-order valence-electron chi connectivity index (χ4n) is 0.903. The lowest BCUT2D eigenvalue weighted by Crippen LogP contribution is -2.02. The van der Waals surface area contributed by atoms with Crippen LogP contribution >= 0.6 is 15.9 Å². The minimum Gasteiger partial charge on any atom is -0.487 e. The van der Waals surface area contributed by atoms with Crippen LogP contribution in [-0.2, 0) is 0 Å². The zero-order chi connectivity index (χ0) is 10.6. The Morgan fingerprint density at radius 1 is 1.36 bits per heavy atom. The largest absolute Gasteiger partial charge is 0.487 e. The van der Waals surface area contributed by atoms with Crippen LogP contribution < -0.4 is 4.74 Å². The predicted octanol–water partition coefficient (Wildman–Crippen LogP) is 2.61. The quantitative estimate of drug-likeness (QED) is 0.784. The molecule has 0 aliphatic heterocycles. The number of hydrogen-bond acceptors (Lipinski definition) is 2. The Morgan fingerprint density at radius 2 is 1.93 bits per heavy atom. The van der Waals surface area contributed by atoms with E-state index in [0.717, 1.165) is 12.1 Å². The highest BCUT2D eigenvalue weighted by Gasteiger charge is 2.11. The number of halogens is 3. The monoisotopic (exact) mass is 261 g/mol. The van der Waals surface area contributed by atoms with Gasteiger partial charge < -0.3 is 4.74 Å². The fourth-order valence-corrected chi connectivity index (χ4v) is 1.06. The second-order valence-electron chi connectivity index (χ2n) is 2.42. The predicted molar refractivity (Wildman–Crippen MR) is 50.4 cm³/mol. The molecule has 0 unspecified atom stereocenters. The normalized spacial score (nSPS) is 9.57. The number of ether oxygens (including phenoxy) is 1. The summed E-state index contributed by atoms with van der Waals surface area (Å²) in [5, 5.41) is 8.90. The van der Waals surface area contributed by atoms with Gasteiger partial charge in [0, 0.05) is 5.33 Å². The van der Waals surface area contributed by atoms with Crippen molar-refractivity contribution >= 4 is 15.9 Å². The molecule has 0 amide bonds. The minimum absolute atomic E-state index is 0.0637. The van der Waals surface area contributed by atoms with Gasteiger partial charge in [0.1, 0.15) is 0 Å². The lowest BCUT2D eigenvalue weighted by Gasteiger charge is -2.06. The molecule has 0 fully saturated rings. The third kappa shape index (κ3) is 2.42. The first-order valence-electron chi connectivity index (χ1n) is 3.77. The Labute approximate surface area is 88.2 Å². The summed E-state index contributed by atoms with van der Waals surface area (Å²) in [6, 6.07) is 3.52. The molecule has 5 heteroatoms. The summed E-state index contributed by atoms with van der Waals surface area (Å²) in [5.74, 6) is -2.16. The minimum atomic E-state index is -0.859. The Bertz CT molecular complexity index is 353. The molecule has 0 radical (unpaired) electrons. The highest BCUT2D eigenvalue weighted by Crippen LogP contribution is 2.22. The van der Waals surface area contributed by atoms with Crippen molar-refractivity contribution in [2.75, 3.05) is 11.9 Å². The summed E-state index contributed by atoms with van der Waals surface area (Å²) in [4.78, 5) is 0. The van der Waals surface area contributed by atoms with E-state index in [4.69, 9.17) is 10.00 Å². The van der Waals surface area contributed by atoms with Gasteiger partial charge in [0.25, 0.3) is 0 Å². The summed E-state index contributed by atoms with van der Waals surface area (Å²) >= 11 is 3.06. The number of nitrogens with zero attached hydrogens (tertiary/aromatic N) is 1. The SMILES string of the molecule is N#Cc1cc(F)c(OCCBr)c(F)c1. The van der Waals surface area contributed by atoms with Crippen LogP contribution in [0.3, 0.4) is 0 Å². The Kier molecular flexibility index (Phi) is 3.84. The maximum absolute atomic E-state index is 13.1. The molecule has 0 aliphatic carbocycles. The van der Waals surface area contributed by atoms with E-state index in [9.17, 15) is 8.78 Å². The van der Waals surface area contributed by atoms with Gasteiger partial charge in [-0.15, -0.1) is 0 Å². The van der Waals surface area contributed by atoms with E-state index in [1.165, 1.54) is 0 Å². The van der Waals surface area contributed by atoms with Gasteiger partial charge in [-0.3, -0.25) is 0 Å². The van der Waals surface area contributed by atoms with Crippen molar-refractivity contribution in [3.8, 4) is 11.8 Å². The van der Waals surface area contributed by atoms with Gasteiger partial charge in [0.05, 0.1) is 18.2 Å². The third-order valence-corrected chi connectivity index (χ3v) is 1.77. The van der Waals surface area contributed by atoms with Crippen LogP contribution in [-0.4, -0.2) is 11.9 Å². The van der Waals surface area contributed by atoms with Crippen molar-refractivity contribution in [3.63, 3.8) is 0 Å². The smallest absolute Gasteiger partial charge is 0.190 e. The zero-order valence-corrected chi connectivity index (χ0v) is 8.64. The van der Waals surface area contributed by atoms with E-state index in [-0.39, 0.29) is 12.2 Å². The molecular weight excluding hydrogens is 256 g/mol. The Hall–Kier alpha value is -1.15. The van der Waals surface area contributed by atoms with Crippen molar-refractivity contribution in [2.45, 2.75) is 0 Å². The Balaban J connectivity index is 3.01. The lowest BCUT2D eigenvalue weighted by atomic mass is 10.2. The molecule has 0 aromatic heterocycles. The molecule has 0 aliphatic rings. The molecule has 0 N–H and O–H groups in total. The molecule has 2 nitrogen and oxygen atoms in total. The highest BCUT2D eigenvalue weighted by molar-refractivity contribution is 9.09. The average Bonchev–Trinajstić information content (AvgIpc) is 2.16. The first kappa shape index (κ1) is 10.9. The molecule has 14 heavy (non-hydrogen) atoms. The third-order valence-electron chi connectivity index (χ3n) is 1.45. The van der Waals surface area contributed by atoms with Crippen molar-refractivity contribution in [2.24, 2.45) is 0 Å². The van der Waals surface area contributed by atoms with E-state index in [2.05, 4.69) is 15.9 Å². The molecule has 1 aromatic rings. The van der Waals surface area contributed by atoms with Crippen LogP contribution in [0.5, 0.6) is 5.75 Å². The van der Waals surface area contributed by atoms with E-state index in [1.807, 2.05) is 0 Å².